The number of aryl methyl sites for hydroxylation is 1. The summed E-state index contributed by atoms with van der Waals surface area (Å²) in [5.74, 6) is -0.284. The summed E-state index contributed by atoms with van der Waals surface area (Å²) in [5.41, 5.74) is -2.04. The van der Waals surface area contributed by atoms with Crippen molar-refractivity contribution in [3.8, 4) is 0 Å². The lowest BCUT2D eigenvalue weighted by Crippen LogP contribution is -2.50. The van der Waals surface area contributed by atoms with Crippen LogP contribution in [0.1, 0.15) is 25.1 Å². The van der Waals surface area contributed by atoms with Crippen LogP contribution in [0.15, 0.2) is 15.8 Å². The Hall–Kier alpha value is -1.93. The van der Waals surface area contributed by atoms with Gasteiger partial charge in [0.25, 0.3) is 11.5 Å². The number of hydrogen-bond acceptors (Lipinski definition) is 5. The number of likely N-dealkylation sites (tertiary alicyclic amines) is 1. The highest BCUT2D eigenvalue weighted by Crippen LogP contribution is 2.47. The lowest BCUT2D eigenvalue weighted by Gasteiger charge is -2.34. The number of morpholine rings is 1. The van der Waals surface area contributed by atoms with E-state index in [2.05, 4.69) is 4.98 Å². The second-order valence-corrected chi connectivity index (χ2v) is 5.58. The van der Waals surface area contributed by atoms with Gasteiger partial charge in [-0.05, 0) is 13.3 Å². The summed E-state index contributed by atoms with van der Waals surface area (Å²) in [6, 6.07) is -0.652. The molecule has 2 saturated heterocycles. The maximum Gasteiger partial charge on any atom is 0.330 e. The van der Waals surface area contributed by atoms with Crippen molar-refractivity contribution in [2.45, 2.75) is 44.2 Å². The molecule has 8 nitrogen and oxygen atoms in total. The Morgan fingerprint density at radius 3 is 2.67 bits per heavy atom. The van der Waals surface area contributed by atoms with Crippen LogP contribution in [0.3, 0.4) is 0 Å². The summed E-state index contributed by atoms with van der Waals surface area (Å²) in [7, 11) is 1.58. The predicted molar refractivity (Wildman–Crippen MR) is 71.8 cm³/mol. The van der Waals surface area contributed by atoms with Crippen molar-refractivity contribution in [1.82, 2.24) is 14.5 Å². The molecule has 1 unspecified atom stereocenters. The first-order valence-corrected chi connectivity index (χ1v) is 6.78. The smallest absolute Gasteiger partial charge is 0.330 e. The molecule has 2 aliphatic heterocycles. The van der Waals surface area contributed by atoms with Gasteiger partial charge in [-0.3, -0.25) is 19.1 Å². The van der Waals surface area contributed by atoms with E-state index < -0.39 is 35.2 Å². The molecule has 2 aliphatic rings. The molecular formula is C13H17N3O5. The van der Waals surface area contributed by atoms with Crippen molar-refractivity contribution in [3.63, 3.8) is 0 Å². The number of ether oxygens (including phenoxy) is 1. The Labute approximate surface area is 120 Å². The number of nitrogens with zero attached hydrogens (tertiary/aromatic N) is 2. The average molecular weight is 295 g/mol. The first-order chi connectivity index (χ1) is 9.83. The molecule has 1 amide bonds. The number of nitrogens with one attached hydrogen (secondary N) is 1. The fraction of sp³-hybridized carbons (Fsp3) is 0.615. The maximum absolute atomic E-state index is 12.2. The highest BCUT2D eigenvalue weighted by molar-refractivity contribution is 5.90. The first kappa shape index (κ1) is 14.0. The van der Waals surface area contributed by atoms with Crippen LogP contribution in [0.5, 0.6) is 0 Å². The van der Waals surface area contributed by atoms with Crippen molar-refractivity contribution in [2.75, 3.05) is 7.05 Å². The number of H-pyrrole nitrogens is 1. The van der Waals surface area contributed by atoms with Gasteiger partial charge in [-0.25, -0.2) is 4.79 Å². The number of fused-ring (bicyclic) bond motifs is 2. The van der Waals surface area contributed by atoms with E-state index in [0.717, 1.165) is 0 Å². The minimum Gasteiger partial charge on any atom is -0.387 e. The van der Waals surface area contributed by atoms with Crippen LogP contribution in [0, 0.1) is 6.92 Å². The van der Waals surface area contributed by atoms with E-state index in [1.807, 2.05) is 0 Å². The van der Waals surface area contributed by atoms with Gasteiger partial charge in [0.05, 0.1) is 0 Å². The quantitative estimate of drug-likeness (QED) is 0.707. The molecule has 2 bridgehead atoms. The van der Waals surface area contributed by atoms with Gasteiger partial charge in [0.2, 0.25) is 0 Å². The van der Waals surface area contributed by atoms with Crippen LogP contribution in [-0.2, 0) is 9.53 Å². The van der Waals surface area contributed by atoms with E-state index in [4.69, 9.17) is 4.74 Å². The van der Waals surface area contributed by atoms with E-state index in [9.17, 15) is 19.5 Å². The molecule has 0 spiro atoms. The molecule has 3 rings (SSSR count). The molecule has 8 heteroatoms. The molecule has 21 heavy (non-hydrogen) atoms. The SMILES string of the molecule is CC[C@]12O[C@@H](n3cc(C)c(=O)[nH]c3=O)[C@H](C1O)N(C)C2=O. The number of aromatic amines is 1. The average Bonchev–Trinajstić information content (AvgIpc) is 2.83. The number of aromatic nitrogens is 2. The molecule has 0 radical (unpaired) electrons. The number of amides is 1. The van der Waals surface area contributed by atoms with Gasteiger partial charge in [-0.2, -0.15) is 0 Å². The van der Waals surface area contributed by atoms with Gasteiger partial charge >= 0.3 is 5.69 Å². The molecule has 0 aliphatic carbocycles. The van der Waals surface area contributed by atoms with Crippen LogP contribution < -0.4 is 11.2 Å². The summed E-state index contributed by atoms with van der Waals surface area (Å²) >= 11 is 0. The second-order valence-electron chi connectivity index (χ2n) is 5.58. The van der Waals surface area contributed by atoms with Crippen molar-refractivity contribution >= 4 is 5.91 Å². The van der Waals surface area contributed by atoms with Crippen LogP contribution >= 0.6 is 0 Å². The number of aliphatic hydroxyl groups is 1. The van der Waals surface area contributed by atoms with E-state index in [-0.39, 0.29) is 5.91 Å². The van der Waals surface area contributed by atoms with Gasteiger partial charge in [0.1, 0.15) is 12.1 Å². The maximum atomic E-state index is 12.2. The van der Waals surface area contributed by atoms with E-state index in [1.54, 1.807) is 20.9 Å². The molecule has 0 aromatic carbocycles. The lowest BCUT2D eigenvalue weighted by atomic mass is 9.96. The highest BCUT2D eigenvalue weighted by atomic mass is 16.6. The van der Waals surface area contributed by atoms with Crippen LogP contribution in [0.25, 0.3) is 0 Å². The molecule has 0 saturated carbocycles. The van der Waals surface area contributed by atoms with E-state index in [0.29, 0.717) is 12.0 Å². The van der Waals surface area contributed by atoms with E-state index in [1.165, 1.54) is 15.7 Å². The Balaban J connectivity index is 2.12. The van der Waals surface area contributed by atoms with Gasteiger partial charge in [-0.1, -0.05) is 6.92 Å². The third-order valence-corrected chi connectivity index (χ3v) is 4.50. The number of carbonyl (C=O) groups is 1. The largest absolute Gasteiger partial charge is 0.387 e. The summed E-state index contributed by atoms with van der Waals surface area (Å²) < 4.78 is 6.98. The number of aliphatic hydroxyl groups excluding tert-OH is 1. The molecule has 114 valence electrons. The topological polar surface area (TPSA) is 105 Å². The third kappa shape index (κ3) is 1.60. The zero-order valence-corrected chi connectivity index (χ0v) is 12.0. The highest BCUT2D eigenvalue weighted by Gasteiger charge is 2.67. The molecular weight excluding hydrogens is 278 g/mol. The normalized spacial score (nSPS) is 34.8. The predicted octanol–water partition coefficient (Wildman–Crippen LogP) is -1.28. The van der Waals surface area contributed by atoms with Crippen LogP contribution in [0.4, 0.5) is 0 Å². The fourth-order valence-electron chi connectivity index (χ4n) is 3.24. The molecule has 2 N–H and O–H groups in total. The Bertz CT molecular complexity index is 723. The van der Waals surface area contributed by atoms with Gasteiger partial charge in [0.15, 0.2) is 11.8 Å². The Morgan fingerprint density at radius 1 is 1.43 bits per heavy atom. The Kier molecular flexibility index (Phi) is 2.86. The van der Waals surface area contributed by atoms with E-state index >= 15 is 0 Å². The van der Waals surface area contributed by atoms with Crippen molar-refractivity contribution in [2.24, 2.45) is 0 Å². The fourth-order valence-corrected chi connectivity index (χ4v) is 3.24. The zero-order chi connectivity index (χ0) is 15.5. The monoisotopic (exact) mass is 295 g/mol. The molecule has 1 aromatic rings. The second kappa shape index (κ2) is 4.28. The summed E-state index contributed by atoms with van der Waals surface area (Å²) in [6.45, 7) is 3.32. The van der Waals surface area contributed by atoms with Crippen LogP contribution in [-0.4, -0.2) is 50.3 Å². The van der Waals surface area contributed by atoms with Crippen molar-refractivity contribution in [3.05, 3.63) is 32.6 Å². The number of hydrogen-bond donors (Lipinski definition) is 2. The number of likely N-dealkylation sites (N-methyl/N-ethyl adjacent to an activating group) is 1. The van der Waals surface area contributed by atoms with Gasteiger partial charge in [0, 0.05) is 18.8 Å². The molecule has 3 heterocycles. The minimum atomic E-state index is -1.31. The van der Waals surface area contributed by atoms with Gasteiger partial charge < -0.3 is 14.7 Å². The lowest BCUT2D eigenvalue weighted by molar-refractivity contribution is -0.176. The Morgan fingerprint density at radius 2 is 2.10 bits per heavy atom. The first-order valence-electron chi connectivity index (χ1n) is 6.78. The summed E-state index contributed by atoms with van der Waals surface area (Å²) in [6.07, 6.45) is -0.127. The summed E-state index contributed by atoms with van der Waals surface area (Å²) in [5, 5.41) is 10.4. The van der Waals surface area contributed by atoms with Crippen LogP contribution in [0.2, 0.25) is 0 Å². The summed E-state index contributed by atoms with van der Waals surface area (Å²) in [4.78, 5) is 39.3. The standard InChI is InChI=1S/C13H17N3O5/c1-4-13-8(17)7(15(3)11(13)19)10(21-13)16-5-6(2)9(18)14-12(16)20/h5,7-8,10,17H,4H2,1-3H3,(H,14,18,20)/t7-,8?,10+,13-/m0/s1. The minimum absolute atomic E-state index is 0.284. The number of carbonyl (C=O) groups excluding carboxylic acids is 1. The molecule has 4 atom stereocenters. The van der Waals surface area contributed by atoms with Crippen molar-refractivity contribution < 1.29 is 14.6 Å². The zero-order valence-electron chi connectivity index (χ0n) is 12.0. The third-order valence-electron chi connectivity index (χ3n) is 4.50. The van der Waals surface area contributed by atoms with Gasteiger partial charge in [-0.15, -0.1) is 0 Å². The number of rotatable bonds is 2. The molecule has 2 fully saturated rings. The molecule has 1 aromatic heterocycles. The van der Waals surface area contributed by atoms with Crippen molar-refractivity contribution in [1.29, 1.82) is 0 Å².